The number of carbonyl (C=O) groups is 2. The number of anilines is 3. The Morgan fingerprint density at radius 1 is 1.19 bits per heavy atom. The van der Waals surface area contributed by atoms with E-state index in [1.54, 1.807) is 29.6 Å². The van der Waals surface area contributed by atoms with Gasteiger partial charge < -0.3 is 9.64 Å². The van der Waals surface area contributed by atoms with Crippen molar-refractivity contribution in [3.05, 3.63) is 65.1 Å². The standard InChI is InChI=1S/C20H17ClN4O5S2/c21-15-3-1-2-4-16(15)23-20(27)30-17-9-11-25(18(17)26)13-5-7-14(8-6-13)32(28,29)24-19-22-10-12-31-19/h1-8,10,12,17H,9,11H2,(H,22,24)(H,23,27)/t17-/m1/s1. The second-order valence-electron chi connectivity index (χ2n) is 6.71. The number of amides is 2. The van der Waals surface area contributed by atoms with E-state index in [0.717, 1.165) is 0 Å². The van der Waals surface area contributed by atoms with Crippen molar-refractivity contribution in [2.75, 3.05) is 21.5 Å². The number of ether oxygens (including phenoxy) is 1. The normalized spacial score (nSPS) is 16.1. The van der Waals surface area contributed by atoms with Crippen LogP contribution < -0.4 is 14.9 Å². The lowest BCUT2D eigenvalue weighted by Crippen LogP contribution is -2.33. The van der Waals surface area contributed by atoms with Crippen LogP contribution in [0.25, 0.3) is 0 Å². The molecule has 1 atom stereocenters. The minimum absolute atomic E-state index is 0.0370. The summed E-state index contributed by atoms with van der Waals surface area (Å²) in [6.45, 7) is 0.326. The van der Waals surface area contributed by atoms with Gasteiger partial charge in [0, 0.05) is 30.2 Å². The van der Waals surface area contributed by atoms with E-state index in [9.17, 15) is 18.0 Å². The van der Waals surface area contributed by atoms with Gasteiger partial charge in [-0.1, -0.05) is 23.7 Å². The third kappa shape index (κ3) is 4.85. The van der Waals surface area contributed by atoms with Crippen molar-refractivity contribution in [1.82, 2.24) is 4.98 Å². The van der Waals surface area contributed by atoms with Gasteiger partial charge >= 0.3 is 6.09 Å². The number of carbonyl (C=O) groups excluding carboxylic acids is 2. The molecule has 2 N–H and O–H groups in total. The van der Waals surface area contributed by atoms with Crippen molar-refractivity contribution in [2.24, 2.45) is 0 Å². The summed E-state index contributed by atoms with van der Waals surface area (Å²) in [5, 5.41) is 4.79. The third-order valence-electron chi connectivity index (χ3n) is 4.63. The largest absolute Gasteiger partial charge is 0.436 e. The molecule has 0 aliphatic carbocycles. The van der Waals surface area contributed by atoms with Crippen molar-refractivity contribution < 1.29 is 22.7 Å². The first-order valence-corrected chi connectivity index (χ1v) is 12.1. The summed E-state index contributed by atoms with van der Waals surface area (Å²) in [5.74, 6) is -0.393. The fraction of sp³-hybridized carbons (Fsp3) is 0.150. The number of rotatable bonds is 6. The molecule has 1 aliphatic rings. The molecule has 0 bridgehead atoms. The summed E-state index contributed by atoms with van der Waals surface area (Å²) in [6.07, 6.45) is 0.0681. The second kappa shape index (κ2) is 9.15. The lowest BCUT2D eigenvalue weighted by molar-refractivity contribution is -0.124. The van der Waals surface area contributed by atoms with E-state index < -0.39 is 28.1 Å². The number of nitrogens with one attached hydrogen (secondary N) is 2. The molecule has 1 saturated heterocycles. The highest BCUT2D eigenvalue weighted by Gasteiger charge is 2.35. The van der Waals surface area contributed by atoms with Crippen molar-refractivity contribution in [1.29, 1.82) is 0 Å². The van der Waals surface area contributed by atoms with Crippen LogP contribution in [0.4, 0.5) is 21.3 Å². The Bertz CT molecular complexity index is 1230. The molecule has 3 aromatic rings. The van der Waals surface area contributed by atoms with E-state index in [-0.39, 0.29) is 10.0 Å². The topological polar surface area (TPSA) is 118 Å². The maximum Gasteiger partial charge on any atom is 0.412 e. The van der Waals surface area contributed by atoms with Crippen LogP contribution in [0.5, 0.6) is 0 Å². The number of aromatic nitrogens is 1. The van der Waals surface area contributed by atoms with Gasteiger partial charge in [0.25, 0.3) is 15.9 Å². The van der Waals surface area contributed by atoms with Gasteiger partial charge in [0.2, 0.25) is 0 Å². The maximum absolute atomic E-state index is 12.7. The number of thiazole rings is 1. The average molecular weight is 493 g/mol. The van der Waals surface area contributed by atoms with Gasteiger partial charge in [0.1, 0.15) is 0 Å². The van der Waals surface area contributed by atoms with Crippen LogP contribution in [0.2, 0.25) is 5.02 Å². The monoisotopic (exact) mass is 492 g/mol. The number of benzene rings is 2. The molecule has 1 fully saturated rings. The quantitative estimate of drug-likeness (QED) is 0.538. The minimum Gasteiger partial charge on any atom is -0.436 e. The van der Waals surface area contributed by atoms with Crippen LogP contribution in [-0.4, -0.2) is 38.1 Å². The molecule has 2 heterocycles. The van der Waals surface area contributed by atoms with Crippen LogP contribution in [0.1, 0.15) is 6.42 Å². The molecule has 4 rings (SSSR count). The van der Waals surface area contributed by atoms with Crippen LogP contribution in [-0.2, 0) is 19.6 Å². The first kappa shape index (κ1) is 22.1. The number of hydrogen-bond acceptors (Lipinski definition) is 7. The molecule has 166 valence electrons. The first-order chi connectivity index (χ1) is 15.3. The SMILES string of the molecule is O=C(Nc1ccccc1Cl)O[C@@H]1CCN(c2ccc(S(=O)(=O)Nc3nccs3)cc2)C1=O. The highest BCUT2D eigenvalue weighted by atomic mass is 35.5. The molecule has 1 aromatic heterocycles. The Morgan fingerprint density at radius 3 is 2.62 bits per heavy atom. The average Bonchev–Trinajstić information content (AvgIpc) is 3.39. The second-order valence-corrected chi connectivity index (χ2v) is 9.70. The number of hydrogen-bond donors (Lipinski definition) is 2. The van der Waals surface area contributed by atoms with E-state index in [4.69, 9.17) is 16.3 Å². The van der Waals surface area contributed by atoms with E-state index >= 15 is 0 Å². The first-order valence-electron chi connectivity index (χ1n) is 9.39. The van der Waals surface area contributed by atoms with Gasteiger partial charge in [-0.05, 0) is 36.4 Å². The highest BCUT2D eigenvalue weighted by Crippen LogP contribution is 2.26. The van der Waals surface area contributed by atoms with Gasteiger partial charge in [-0.2, -0.15) is 0 Å². The molecule has 0 saturated carbocycles. The Kier molecular flexibility index (Phi) is 6.31. The number of nitrogens with zero attached hydrogens (tertiary/aromatic N) is 2. The third-order valence-corrected chi connectivity index (χ3v) is 7.13. The number of para-hydroxylation sites is 1. The Labute approximate surface area is 193 Å². The zero-order valence-electron chi connectivity index (χ0n) is 16.4. The van der Waals surface area contributed by atoms with Crippen molar-refractivity contribution in [2.45, 2.75) is 17.4 Å². The summed E-state index contributed by atoms with van der Waals surface area (Å²) in [5.41, 5.74) is 0.880. The summed E-state index contributed by atoms with van der Waals surface area (Å²) in [4.78, 5) is 30.2. The molecule has 12 heteroatoms. The zero-order valence-corrected chi connectivity index (χ0v) is 18.8. The highest BCUT2D eigenvalue weighted by molar-refractivity contribution is 7.93. The molecule has 2 aromatic carbocycles. The van der Waals surface area contributed by atoms with Crippen LogP contribution in [0.15, 0.2) is 65.0 Å². The zero-order chi connectivity index (χ0) is 22.7. The molecule has 1 aliphatic heterocycles. The van der Waals surface area contributed by atoms with Gasteiger partial charge in [0.05, 0.1) is 15.6 Å². The van der Waals surface area contributed by atoms with Crippen molar-refractivity contribution in [3.63, 3.8) is 0 Å². The van der Waals surface area contributed by atoms with Gasteiger partial charge in [-0.3, -0.25) is 14.8 Å². The van der Waals surface area contributed by atoms with Gasteiger partial charge in [0.15, 0.2) is 11.2 Å². The minimum atomic E-state index is -3.79. The van der Waals surface area contributed by atoms with E-state index in [1.165, 1.54) is 46.7 Å². The molecule has 0 unspecified atom stereocenters. The van der Waals surface area contributed by atoms with Crippen molar-refractivity contribution >= 4 is 61.5 Å². The molecule has 32 heavy (non-hydrogen) atoms. The fourth-order valence-electron chi connectivity index (χ4n) is 3.10. The molecule has 9 nitrogen and oxygen atoms in total. The van der Waals surface area contributed by atoms with Crippen LogP contribution in [0, 0.1) is 0 Å². The molecular formula is C20H17ClN4O5S2. The number of sulfonamides is 1. The lowest BCUT2D eigenvalue weighted by atomic mass is 10.3. The van der Waals surface area contributed by atoms with E-state index in [1.807, 2.05) is 0 Å². The lowest BCUT2D eigenvalue weighted by Gasteiger charge is -2.17. The fourth-order valence-corrected chi connectivity index (χ4v) is 5.08. The van der Waals surface area contributed by atoms with Crippen LogP contribution >= 0.6 is 22.9 Å². The van der Waals surface area contributed by atoms with E-state index in [0.29, 0.717) is 29.4 Å². The predicted molar refractivity (Wildman–Crippen MR) is 122 cm³/mol. The summed E-state index contributed by atoms with van der Waals surface area (Å²) in [6, 6.07) is 12.5. The number of halogens is 1. The summed E-state index contributed by atoms with van der Waals surface area (Å²) < 4.78 is 32.5. The Hall–Kier alpha value is -3.15. The maximum atomic E-state index is 12.7. The smallest absolute Gasteiger partial charge is 0.412 e. The van der Waals surface area contributed by atoms with E-state index in [2.05, 4.69) is 15.0 Å². The molecule has 0 radical (unpaired) electrons. The summed E-state index contributed by atoms with van der Waals surface area (Å²) in [7, 11) is -3.79. The molecule has 0 spiro atoms. The molecular weight excluding hydrogens is 476 g/mol. The molecule has 2 amide bonds. The van der Waals surface area contributed by atoms with Gasteiger partial charge in [-0.25, -0.2) is 18.2 Å². The Balaban J connectivity index is 1.39. The predicted octanol–water partition coefficient (Wildman–Crippen LogP) is 3.95. The van der Waals surface area contributed by atoms with Crippen LogP contribution in [0.3, 0.4) is 0 Å². The summed E-state index contributed by atoms with van der Waals surface area (Å²) >= 11 is 7.17. The Morgan fingerprint density at radius 2 is 1.94 bits per heavy atom. The van der Waals surface area contributed by atoms with Crippen molar-refractivity contribution in [3.8, 4) is 0 Å². The van der Waals surface area contributed by atoms with Gasteiger partial charge in [-0.15, -0.1) is 11.3 Å².